The van der Waals surface area contributed by atoms with Crippen molar-refractivity contribution in [3.8, 4) is 0 Å². The highest BCUT2D eigenvalue weighted by atomic mass is 14.9. The zero-order chi connectivity index (χ0) is 9.26. The SMILES string of the molecule is CNC(C)[C@@H]1C[C@H]1c1ccccc1. The molecule has 1 fully saturated rings. The lowest BCUT2D eigenvalue weighted by atomic mass is 10.1. The van der Waals surface area contributed by atoms with Crippen molar-refractivity contribution in [3.63, 3.8) is 0 Å². The molecule has 0 spiro atoms. The highest BCUT2D eigenvalue weighted by Crippen LogP contribution is 2.49. The molecule has 3 atom stereocenters. The Morgan fingerprint density at radius 3 is 2.62 bits per heavy atom. The molecule has 1 N–H and O–H groups in total. The van der Waals surface area contributed by atoms with E-state index in [9.17, 15) is 0 Å². The topological polar surface area (TPSA) is 12.0 Å². The first-order chi connectivity index (χ1) is 6.33. The molecule has 0 aromatic heterocycles. The van der Waals surface area contributed by atoms with Gasteiger partial charge in [0.05, 0.1) is 0 Å². The minimum atomic E-state index is 0.658. The summed E-state index contributed by atoms with van der Waals surface area (Å²) in [4.78, 5) is 0. The van der Waals surface area contributed by atoms with E-state index in [2.05, 4.69) is 42.6 Å². The summed E-state index contributed by atoms with van der Waals surface area (Å²) in [6.07, 6.45) is 1.35. The smallest absolute Gasteiger partial charge is 0.00700 e. The Bertz CT molecular complexity index is 268. The van der Waals surface area contributed by atoms with Crippen LogP contribution in [0.3, 0.4) is 0 Å². The normalized spacial score (nSPS) is 28.5. The Balaban J connectivity index is 2.00. The van der Waals surface area contributed by atoms with Crippen molar-refractivity contribution in [1.29, 1.82) is 0 Å². The summed E-state index contributed by atoms with van der Waals surface area (Å²) < 4.78 is 0. The molecule has 1 aromatic carbocycles. The maximum Gasteiger partial charge on any atom is 0.00700 e. The third-order valence-corrected chi connectivity index (χ3v) is 3.17. The minimum Gasteiger partial charge on any atom is -0.317 e. The first kappa shape index (κ1) is 8.76. The Labute approximate surface area is 80.2 Å². The summed E-state index contributed by atoms with van der Waals surface area (Å²) in [6, 6.07) is 11.5. The monoisotopic (exact) mass is 175 g/mol. The molecular formula is C12H17N. The van der Waals surface area contributed by atoms with Gasteiger partial charge in [-0.05, 0) is 37.8 Å². The van der Waals surface area contributed by atoms with Crippen molar-refractivity contribution in [2.75, 3.05) is 7.05 Å². The Morgan fingerprint density at radius 2 is 2.00 bits per heavy atom. The average Bonchev–Trinajstić information content (AvgIpc) is 2.98. The van der Waals surface area contributed by atoms with Crippen LogP contribution in [-0.2, 0) is 0 Å². The second-order valence-electron chi connectivity index (χ2n) is 3.99. The third kappa shape index (κ3) is 1.75. The molecule has 0 amide bonds. The lowest BCUT2D eigenvalue weighted by Gasteiger charge is -2.08. The van der Waals surface area contributed by atoms with Crippen LogP contribution in [0.4, 0.5) is 0 Å². The van der Waals surface area contributed by atoms with E-state index in [0.29, 0.717) is 6.04 Å². The first-order valence-corrected chi connectivity index (χ1v) is 5.05. The lowest BCUT2D eigenvalue weighted by Crippen LogP contribution is -2.23. The highest BCUT2D eigenvalue weighted by Gasteiger charge is 2.41. The largest absolute Gasteiger partial charge is 0.317 e. The van der Waals surface area contributed by atoms with Gasteiger partial charge in [0.25, 0.3) is 0 Å². The van der Waals surface area contributed by atoms with Crippen molar-refractivity contribution in [2.45, 2.75) is 25.3 Å². The predicted octanol–water partition coefficient (Wildman–Crippen LogP) is 2.40. The molecule has 13 heavy (non-hydrogen) atoms. The van der Waals surface area contributed by atoms with Crippen LogP contribution in [-0.4, -0.2) is 13.1 Å². The average molecular weight is 175 g/mol. The van der Waals surface area contributed by atoms with Gasteiger partial charge in [0.2, 0.25) is 0 Å². The van der Waals surface area contributed by atoms with Gasteiger partial charge in [0.1, 0.15) is 0 Å². The molecule has 0 radical (unpaired) electrons. The first-order valence-electron chi connectivity index (χ1n) is 5.05. The summed E-state index contributed by atoms with van der Waals surface area (Å²) in [5.74, 6) is 1.66. The summed E-state index contributed by atoms with van der Waals surface area (Å²) in [5.41, 5.74) is 1.51. The fourth-order valence-electron chi connectivity index (χ4n) is 2.06. The van der Waals surface area contributed by atoms with Crippen LogP contribution in [0.2, 0.25) is 0 Å². The molecule has 0 heterocycles. The van der Waals surface area contributed by atoms with Gasteiger partial charge in [0, 0.05) is 6.04 Å². The molecule has 1 aliphatic carbocycles. The summed E-state index contributed by atoms with van der Waals surface area (Å²) in [7, 11) is 2.05. The van der Waals surface area contributed by atoms with E-state index in [-0.39, 0.29) is 0 Å². The Kier molecular flexibility index (Phi) is 2.36. The third-order valence-electron chi connectivity index (χ3n) is 3.17. The van der Waals surface area contributed by atoms with E-state index in [1.165, 1.54) is 12.0 Å². The molecular weight excluding hydrogens is 158 g/mol. The van der Waals surface area contributed by atoms with Crippen LogP contribution in [0.5, 0.6) is 0 Å². The fourth-order valence-corrected chi connectivity index (χ4v) is 2.06. The molecule has 0 aliphatic heterocycles. The van der Waals surface area contributed by atoms with E-state index < -0.39 is 0 Å². The molecule has 1 nitrogen and oxygen atoms in total. The van der Waals surface area contributed by atoms with Crippen molar-refractivity contribution in [3.05, 3.63) is 35.9 Å². The van der Waals surface area contributed by atoms with Gasteiger partial charge >= 0.3 is 0 Å². The molecule has 0 bridgehead atoms. The molecule has 1 aromatic rings. The number of benzene rings is 1. The number of nitrogens with one attached hydrogen (secondary N) is 1. The predicted molar refractivity (Wildman–Crippen MR) is 55.8 cm³/mol. The van der Waals surface area contributed by atoms with Gasteiger partial charge < -0.3 is 5.32 Å². The van der Waals surface area contributed by atoms with Crippen molar-refractivity contribution in [1.82, 2.24) is 5.32 Å². The van der Waals surface area contributed by atoms with Gasteiger partial charge in [0.15, 0.2) is 0 Å². The van der Waals surface area contributed by atoms with E-state index in [1.54, 1.807) is 0 Å². The van der Waals surface area contributed by atoms with E-state index in [1.807, 2.05) is 7.05 Å². The van der Waals surface area contributed by atoms with Crippen molar-refractivity contribution < 1.29 is 0 Å². The van der Waals surface area contributed by atoms with E-state index in [0.717, 1.165) is 11.8 Å². The van der Waals surface area contributed by atoms with Crippen LogP contribution in [0.15, 0.2) is 30.3 Å². The van der Waals surface area contributed by atoms with Gasteiger partial charge in [-0.25, -0.2) is 0 Å². The summed E-state index contributed by atoms with van der Waals surface area (Å²) in [6.45, 7) is 2.27. The fraction of sp³-hybridized carbons (Fsp3) is 0.500. The lowest BCUT2D eigenvalue weighted by molar-refractivity contribution is 0.534. The molecule has 1 aliphatic rings. The minimum absolute atomic E-state index is 0.658. The molecule has 0 saturated heterocycles. The number of hydrogen-bond donors (Lipinski definition) is 1. The quantitative estimate of drug-likeness (QED) is 0.744. The van der Waals surface area contributed by atoms with Gasteiger partial charge in [-0.2, -0.15) is 0 Å². The molecule has 1 saturated carbocycles. The van der Waals surface area contributed by atoms with Gasteiger partial charge in [-0.15, -0.1) is 0 Å². The van der Waals surface area contributed by atoms with Crippen LogP contribution >= 0.6 is 0 Å². The zero-order valence-electron chi connectivity index (χ0n) is 8.33. The number of hydrogen-bond acceptors (Lipinski definition) is 1. The second kappa shape index (κ2) is 3.51. The van der Waals surface area contributed by atoms with E-state index >= 15 is 0 Å². The molecule has 70 valence electrons. The molecule has 2 rings (SSSR count). The zero-order valence-corrected chi connectivity index (χ0v) is 8.33. The highest BCUT2D eigenvalue weighted by molar-refractivity contribution is 5.26. The summed E-state index contributed by atoms with van der Waals surface area (Å²) in [5, 5.41) is 3.33. The summed E-state index contributed by atoms with van der Waals surface area (Å²) >= 11 is 0. The van der Waals surface area contributed by atoms with Crippen LogP contribution < -0.4 is 5.32 Å². The van der Waals surface area contributed by atoms with Gasteiger partial charge in [-0.1, -0.05) is 30.3 Å². The molecule has 1 unspecified atom stereocenters. The van der Waals surface area contributed by atoms with Crippen LogP contribution in [0.25, 0.3) is 0 Å². The Hall–Kier alpha value is -0.820. The van der Waals surface area contributed by atoms with E-state index in [4.69, 9.17) is 0 Å². The Morgan fingerprint density at radius 1 is 1.31 bits per heavy atom. The van der Waals surface area contributed by atoms with Gasteiger partial charge in [-0.3, -0.25) is 0 Å². The molecule has 1 heteroatoms. The second-order valence-corrected chi connectivity index (χ2v) is 3.99. The van der Waals surface area contributed by atoms with Crippen molar-refractivity contribution in [2.24, 2.45) is 5.92 Å². The van der Waals surface area contributed by atoms with Crippen LogP contribution in [0, 0.1) is 5.92 Å². The maximum atomic E-state index is 3.33. The standard InChI is InChI=1S/C12H17N/c1-9(13-2)11-8-12(11)10-6-4-3-5-7-10/h3-7,9,11-13H,8H2,1-2H3/t9?,11-,12-/m0/s1. The van der Waals surface area contributed by atoms with Crippen molar-refractivity contribution >= 4 is 0 Å². The van der Waals surface area contributed by atoms with Crippen LogP contribution in [0.1, 0.15) is 24.8 Å². The maximum absolute atomic E-state index is 3.33. The number of rotatable bonds is 3.